The largest absolute Gasteiger partial charge is 0.310 e. The van der Waals surface area contributed by atoms with E-state index >= 15 is 0 Å². The molecule has 2 rings (SSSR count). The Hall–Kier alpha value is -0.840. The third-order valence-corrected chi connectivity index (χ3v) is 4.85. The van der Waals surface area contributed by atoms with E-state index in [1.54, 1.807) is 11.8 Å². The van der Waals surface area contributed by atoms with Crippen molar-refractivity contribution in [1.82, 2.24) is 5.32 Å². The summed E-state index contributed by atoms with van der Waals surface area (Å²) in [6.07, 6.45) is 0. The molecule has 4 heteroatoms. The average molecular weight is 368 g/mol. The Kier molecular flexibility index (Phi) is 6.27. The first-order valence-corrected chi connectivity index (χ1v) is 8.71. The van der Waals surface area contributed by atoms with Crippen molar-refractivity contribution < 1.29 is 4.39 Å². The molecule has 0 saturated heterocycles. The smallest absolute Gasteiger partial charge is 0.124 e. The van der Waals surface area contributed by atoms with Gasteiger partial charge in [0.05, 0.1) is 0 Å². The van der Waals surface area contributed by atoms with Gasteiger partial charge in [-0.05, 0) is 35.4 Å². The molecule has 0 spiro atoms. The molecule has 1 nitrogen and oxygen atoms in total. The topological polar surface area (TPSA) is 12.0 Å². The van der Waals surface area contributed by atoms with Crippen molar-refractivity contribution in [2.24, 2.45) is 0 Å². The maximum absolute atomic E-state index is 13.0. The second kappa shape index (κ2) is 7.97. The van der Waals surface area contributed by atoms with E-state index in [2.05, 4.69) is 59.4 Å². The zero-order valence-corrected chi connectivity index (χ0v) is 14.6. The molecule has 0 atom stereocenters. The van der Waals surface area contributed by atoms with Crippen molar-refractivity contribution in [3.8, 4) is 0 Å². The summed E-state index contributed by atoms with van der Waals surface area (Å²) in [4.78, 5) is 1.22. The molecule has 0 aromatic heterocycles. The van der Waals surface area contributed by atoms with Gasteiger partial charge in [0.1, 0.15) is 5.82 Å². The molecule has 0 amide bonds. The summed E-state index contributed by atoms with van der Waals surface area (Å²) in [5.41, 5.74) is 2.39. The lowest BCUT2D eigenvalue weighted by molar-refractivity contribution is 0.588. The van der Waals surface area contributed by atoms with Gasteiger partial charge in [0.15, 0.2) is 0 Å². The number of thioether (sulfide) groups is 1. The number of halogens is 2. The molecule has 0 unspecified atom stereocenters. The molecule has 0 aliphatic rings. The number of nitrogens with one attached hydrogen (secondary N) is 1. The Morgan fingerprint density at radius 3 is 2.48 bits per heavy atom. The second-order valence-corrected chi connectivity index (χ2v) is 7.11. The van der Waals surface area contributed by atoms with Crippen molar-refractivity contribution >= 4 is 27.7 Å². The minimum absolute atomic E-state index is 0.211. The first-order valence-electron chi connectivity index (χ1n) is 6.93. The van der Waals surface area contributed by atoms with E-state index in [9.17, 15) is 4.39 Å². The monoisotopic (exact) mass is 367 g/mol. The summed E-state index contributed by atoms with van der Waals surface area (Å²) in [7, 11) is 0. The van der Waals surface area contributed by atoms with Gasteiger partial charge in [0.25, 0.3) is 0 Å². The van der Waals surface area contributed by atoms with Crippen LogP contribution >= 0.6 is 27.7 Å². The van der Waals surface area contributed by atoms with Crippen LogP contribution < -0.4 is 5.32 Å². The van der Waals surface area contributed by atoms with E-state index in [1.165, 1.54) is 22.6 Å². The van der Waals surface area contributed by atoms with Crippen molar-refractivity contribution in [2.45, 2.75) is 37.1 Å². The predicted octanol–water partition coefficient (Wildman–Crippen LogP) is 5.38. The van der Waals surface area contributed by atoms with Gasteiger partial charge in [0.2, 0.25) is 0 Å². The van der Waals surface area contributed by atoms with Gasteiger partial charge in [0, 0.05) is 27.7 Å². The van der Waals surface area contributed by atoms with Crippen LogP contribution in [0.1, 0.15) is 25.0 Å². The van der Waals surface area contributed by atoms with Crippen molar-refractivity contribution in [3.05, 3.63) is 63.9 Å². The summed E-state index contributed by atoms with van der Waals surface area (Å²) in [6.45, 7) is 5.18. The van der Waals surface area contributed by atoms with Gasteiger partial charge < -0.3 is 5.32 Å². The summed E-state index contributed by atoms with van der Waals surface area (Å²) in [5, 5.41) is 3.40. The van der Waals surface area contributed by atoms with Gasteiger partial charge in [-0.2, -0.15) is 0 Å². The van der Waals surface area contributed by atoms with E-state index in [-0.39, 0.29) is 5.82 Å². The first-order chi connectivity index (χ1) is 10.0. The van der Waals surface area contributed by atoms with E-state index < -0.39 is 0 Å². The highest BCUT2D eigenvalue weighted by Crippen LogP contribution is 2.27. The molecule has 112 valence electrons. The standard InChI is InChI=1S/C17H19BrFNS/c1-12(2)20-10-13-3-7-16(8-4-13)21-11-14-5-6-15(19)9-17(14)18/h3-9,12,20H,10-11H2,1-2H3. The van der Waals surface area contributed by atoms with Gasteiger partial charge >= 0.3 is 0 Å². The van der Waals surface area contributed by atoms with Crippen LogP contribution in [0.4, 0.5) is 4.39 Å². The molecule has 2 aromatic carbocycles. The highest BCUT2D eigenvalue weighted by molar-refractivity contribution is 9.10. The summed E-state index contributed by atoms with van der Waals surface area (Å²) >= 11 is 5.16. The number of benzene rings is 2. The predicted molar refractivity (Wildman–Crippen MR) is 92.1 cm³/mol. The fraction of sp³-hybridized carbons (Fsp3) is 0.294. The second-order valence-electron chi connectivity index (χ2n) is 5.20. The molecule has 0 heterocycles. The Balaban J connectivity index is 1.91. The summed E-state index contributed by atoms with van der Waals surface area (Å²) < 4.78 is 13.9. The minimum Gasteiger partial charge on any atom is -0.310 e. The molecular weight excluding hydrogens is 349 g/mol. The van der Waals surface area contributed by atoms with Crippen molar-refractivity contribution in [2.75, 3.05) is 0 Å². The molecular formula is C17H19BrFNS. The fourth-order valence-corrected chi connectivity index (χ4v) is 3.40. The van der Waals surface area contributed by atoms with E-state index in [0.29, 0.717) is 6.04 Å². The molecule has 2 aromatic rings. The highest BCUT2D eigenvalue weighted by atomic mass is 79.9. The van der Waals surface area contributed by atoms with Crippen molar-refractivity contribution in [1.29, 1.82) is 0 Å². The maximum Gasteiger partial charge on any atom is 0.124 e. The molecule has 0 aliphatic carbocycles. The first kappa shape index (κ1) is 16.5. The lowest BCUT2D eigenvalue weighted by atomic mass is 10.2. The van der Waals surface area contributed by atoms with E-state index in [0.717, 1.165) is 22.3 Å². The maximum atomic E-state index is 13.0. The summed E-state index contributed by atoms with van der Waals surface area (Å²) in [5.74, 6) is 0.613. The number of hydrogen-bond acceptors (Lipinski definition) is 2. The van der Waals surface area contributed by atoms with Crippen LogP contribution in [-0.2, 0) is 12.3 Å². The van der Waals surface area contributed by atoms with Gasteiger partial charge in [-0.15, -0.1) is 11.8 Å². The summed E-state index contributed by atoms with van der Waals surface area (Å²) in [6, 6.07) is 13.9. The quantitative estimate of drug-likeness (QED) is 0.687. The zero-order valence-electron chi connectivity index (χ0n) is 12.2. The molecule has 0 radical (unpaired) electrons. The molecule has 0 bridgehead atoms. The normalized spacial score (nSPS) is 11.1. The highest BCUT2D eigenvalue weighted by Gasteiger charge is 2.03. The van der Waals surface area contributed by atoms with Gasteiger partial charge in [-0.25, -0.2) is 4.39 Å². The van der Waals surface area contributed by atoms with Crippen LogP contribution in [0.15, 0.2) is 51.8 Å². The van der Waals surface area contributed by atoms with E-state index in [4.69, 9.17) is 0 Å². The fourth-order valence-electron chi connectivity index (χ4n) is 1.83. The average Bonchev–Trinajstić information content (AvgIpc) is 2.45. The van der Waals surface area contributed by atoms with Crippen LogP contribution in [-0.4, -0.2) is 6.04 Å². The van der Waals surface area contributed by atoms with Crippen LogP contribution in [0.3, 0.4) is 0 Å². The Labute approximate surface area is 138 Å². The molecule has 0 saturated carbocycles. The molecule has 21 heavy (non-hydrogen) atoms. The SMILES string of the molecule is CC(C)NCc1ccc(SCc2ccc(F)cc2Br)cc1. The van der Waals surface area contributed by atoms with Crippen LogP contribution in [0, 0.1) is 5.82 Å². The molecule has 0 aliphatic heterocycles. The number of hydrogen-bond donors (Lipinski definition) is 1. The van der Waals surface area contributed by atoms with Crippen LogP contribution in [0.2, 0.25) is 0 Å². The lowest BCUT2D eigenvalue weighted by Crippen LogP contribution is -2.21. The number of rotatable bonds is 6. The minimum atomic E-state index is -0.211. The Morgan fingerprint density at radius 1 is 1.14 bits per heavy atom. The van der Waals surface area contributed by atoms with Crippen LogP contribution in [0.5, 0.6) is 0 Å². The van der Waals surface area contributed by atoms with E-state index in [1.807, 2.05) is 6.07 Å². The third kappa shape index (κ3) is 5.46. The molecule has 0 fully saturated rings. The third-order valence-electron chi connectivity index (χ3n) is 3.05. The van der Waals surface area contributed by atoms with Gasteiger partial charge in [-0.3, -0.25) is 0 Å². The van der Waals surface area contributed by atoms with Crippen molar-refractivity contribution in [3.63, 3.8) is 0 Å². The molecule has 1 N–H and O–H groups in total. The zero-order chi connectivity index (χ0) is 15.2. The van der Waals surface area contributed by atoms with Gasteiger partial charge in [-0.1, -0.05) is 48.0 Å². The Bertz CT molecular complexity index is 584. The Morgan fingerprint density at radius 2 is 1.86 bits per heavy atom. The van der Waals surface area contributed by atoms with Crippen LogP contribution in [0.25, 0.3) is 0 Å². The lowest BCUT2D eigenvalue weighted by Gasteiger charge is -2.09.